The van der Waals surface area contributed by atoms with E-state index in [9.17, 15) is 0 Å². The average Bonchev–Trinajstić information content (AvgIpc) is 3.74. The monoisotopic (exact) mass is 627 g/mol. The van der Waals surface area contributed by atoms with Crippen LogP contribution in [0.5, 0.6) is 0 Å². The lowest BCUT2D eigenvalue weighted by molar-refractivity contribution is 0.669. The first-order chi connectivity index (χ1) is 24.3. The minimum Gasteiger partial charge on any atom is -0.456 e. The molecule has 0 N–H and O–H groups in total. The minimum absolute atomic E-state index is 0.861. The second-order valence-corrected chi connectivity index (χ2v) is 12.5. The molecule has 2 aromatic heterocycles. The number of para-hydroxylation sites is 4. The molecule has 0 unspecified atom stereocenters. The topological polar surface area (TPSA) is 29.5 Å². The van der Waals surface area contributed by atoms with Crippen LogP contribution in [0.2, 0.25) is 0 Å². The lowest BCUT2D eigenvalue weighted by atomic mass is 9.95. The Morgan fingerprint density at radius 3 is 1.80 bits per heavy atom. The molecule has 230 valence electrons. The number of nitrogens with zero attached hydrogens (tertiary/aromatic N) is 1. The van der Waals surface area contributed by atoms with Crippen molar-refractivity contribution in [2.75, 3.05) is 4.90 Å². The largest absolute Gasteiger partial charge is 0.456 e. The molecule has 3 nitrogen and oxygen atoms in total. The van der Waals surface area contributed by atoms with E-state index in [1.165, 1.54) is 16.3 Å². The first kappa shape index (κ1) is 27.5. The van der Waals surface area contributed by atoms with Gasteiger partial charge in [-0.05, 0) is 64.4 Å². The van der Waals surface area contributed by atoms with Crippen molar-refractivity contribution >= 4 is 71.7 Å². The molecule has 0 spiro atoms. The summed E-state index contributed by atoms with van der Waals surface area (Å²) in [5.41, 5.74) is 11.3. The first-order valence-corrected chi connectivity index (χ1v) is 16.6. The van der Waals surface area contributed by atoms with Crippen molar-refractivity contribution in [3.63, 3.8) is 0 Å². The Morgan fingerprint density at radius 2 is 0.918 bits per heavy atom. The quantitative estimate of drug-likeness (QED) is 0.190. The fraction of sp³-hybridized carbons (Fsp3) is 0. The maximum absolute atomic E-state index is 6.41. The number of anilines is 3. The standard InChI is InChI=1S/C46H29NO2/c1-2-14-33-30(12-1)13-9-19-35(33)36-15-3-6-21-40(36)47(41-22-11-25-44-45(41)39-17-5-8-24-43(39)48-44)32-28-26-31(27-29-32)34-18-10-20-38-37-16-4-7-23-42(37)49-46(34)38/h1-29H. The van der Waals surface area contributed by atoms with Crippen molar-refractivity contribution in [3.05, 3.63) is 176 Å². The molecule has 10 aromatic rings. The summed E-state index contributed by atoms with van der Waals surface area (Å²) >= 11 is 0. The molecular weight excluding hydrogens is 599 g/mol. The van der Waals surface area contributed by atoms with E-state index in [1.54, 1.807) is 0 Å². The van der Waals surface area contributed by atoms with Crippen LogP contribution >= 0.6 is 0 Å². The van der Waals surface area contributed by atoms with Crippen LogP contribution in [0.25, 0.3) is 76.9 Å². The average molecular weight is 628 g/mol. The van der Waals surface area contributed by atoms with Crippen molar-refractivity contribution in [2.24, 2.45) is 0 Å². The van der Waals surface area contributed by atoms with Gasteiger partial charge in [0.05, 0.1) is 16.8 Å². The third kappa shape index (κ3) is 4.37. The van der Waals surface area contributed by atoms with Gasteiger partial charge in [0.15, 0.2) is 0 Å². The summed E-state index contributed by atoms with van der Waals surface area (Å²) in [6.45, 7) is 0. The second kappa shape index (κ2) is 11.0. The van der Waals surface area contributed by atoms with Gasteiger partial charge < -0.3 is 13.7 Å². The van der Waals surface area contributed by atoms with Crippen LogP contribution < -0.4 is 4.90 Å². The Morgan fingerprint density at radius 1 is 0.347 bits per heavy atom. The van der Waals surface area contributed by atoms with E-state index >= 15 is 0 Å². The van der Waals surface area contributed by atoms with Crippen molar-refractivity contribution in [1.29, 1.82) is 0 Å². The van der Waals surface area contributed by atoms with E-state index in [0.717, 1.165) is 77.6 Å². The molecule has 10 rings (SSSR count). The number of fused-ring (bicyclic) bond motifs is 7. The molecule has 0 bridgehead atoms. The van der Waals surface area contributed by atoms with Gasteiger partial charge in [-0.2, -0.15) is 0 Å². The van der Waals surface area contributed by atoms with E-state index < -0.39 is 0 Å². The SMILES string of the molecule is c1ccc(N(c2ccc(-c3cccc4c3oc3ccccc34)cc2)c2cccc3oc4ccccc4c23)c(-c2cccc3ccccc23)c1. The Kier molecular flexibility index (Phi) is 6.18. The highest BCUT2D eigenvalue weighted by atomic mass is 16.3. The normalized spacial score (nSPS) is 11.7. The van der Waals surface area contributed by atoms with Crippen LogP contribution in [-0.2, 0) is 0 Å². The lowest BCUT2D eigenvalue weighted by Crippen LogP contribution is -2.11. The summed E-state index contributed by atoms with van der Waals surface area (Å²) in [6, 6.07) is 62.0. The summed E-state index contributed by atoms with van der Waals surface area (Å²) in [5, 5.41) is 6.87. The molecule has 0 saturated carbocycles. The number of rotatable bonds is 5. The molecule has 0 amide bonds. The Balaban J connectivity index is 1.21. The molecular formula is C46H29NO2. The van der Waals surface area contributed by atoms with Crippen molar-refractivity contribution < 1.29 is 8.83 Å². The molecule has 0 aliphatic rings. The first-order valence-electron chi connectivity index (χ1n) is 16.6. The van der Waals surface area contributed by atoms with Crippen molar-refractivity contribution in [2.45, 2.75) is 0 Å². The van der Waals surface area contributed by atoms with Crippen molar-refractivity contribution in [3.8, 4) is 22.3 Å². The zero-order chi connectivity index (χ0) is 32.3. The van der Waals surface area contributed by atoms with E-state index in [0.29, 0.717) is 0 Å². The zero-order valence-corrected chi connectivity index (χ0v) is 26.5. The summed E-state index contributed by atoms with van der Waals surface area (Å²) < 4.78 is 12.8. The van der Waals surface area contributed by atoms with Crippen LogP contribution in [0.1, 0.15) is 0 Å². The van der Waals surface area contributed by atoms with Crippen LogP contribution in [-0.4, -0.2) is 0 Å². The lowest BCUT2D eigenvalue weighted by Gasteiger charge is -2.29. The molecule has 0 aliphatic heterocycles. The third-order valence-electron chi connectivity index (χ3n) is 9.69. The maximum Gasteiger partial charge on any atom is 0.143 e. The fourth-order valence-corrected chi connectivity index (χ4v) is 7.47. The van der Waals surface area contributed by atoms with E-state index in [2.05, 4.69) is 157 Å². The van der Waals surface area contributed by atoms with Crippen LogP contribution in [0, 0.1) is 0 Å². The summed E-state index contributed by atoms with van der Waals surface area (Å²) in [5.74, 6) is 0. The van der Waals surface area contributed by atoms with Gasteiger partial charge in [-0.15, -0.1) is 0 Å². The zero-order valence-electron chi connectivity index (χ0n) is 26.5. The summed E-state index contributed by atoms with van der Waals surface area (Å²) in [7, 11) is 0. The Bertz CT molecular complexity index is 2830. The Labute approximate surface area is 282 Å². The van der Waals surface area contributed by atoms with Gasteiger partial charge in [0.25, 0.3) is 0 Å². The predicted molar refractivity (Wildman–Crippen MR) is 204 cm³/mol. The summed E-state index contributed by atoms with van der Waals surface area (Å²) in [6.07, 6.45) is 0. The van der Waals surface area contributed by atoms with Gasteiger partial charge >= 0.3 is 0 Å². The number of hydrogen-bond acceptors (Lipinski definition) is 3. The van der Waals surface area contributed by atoms with Gasteiger partial charge in [-0.3, -0.25) is 0 Å². The summed E-state index contributed by atoms with van der Waals surface area (Å²) in [4.78, 5) is 2.38. The van der Waals surface area contributed by atoms with E-state index in [1.807, 2.05) is 24.3 Å². The third-order valence-corrected chi connectivity index (χ3v) is 9.69. The molecule has 0 saturated heterocycles. The molecule has 0 aliphatic carbocycles. The highest BCUT2D eigenvalue weighted by Gasteiger charge is 2.22. The predicted octanol–water partition coefficient (Wildman–Crippen LogP) is 13.4. The fourth-order valence-electron chi connectivity index (χ4n) is 7.47. The van der Waals surface area contributed by atoms with Gasteiger partial charge in [-0.25, -0.2) is 0 Å². The highest BCUT2D eigenvalue weighted by Crippen LogP contribution is 2.47. The van der Waals surface area contributed by atoms with Gasteiger partial charge in [0.2, 0.25) is 0 Å². The van der Waals surface area contributed by atoms with E-state index in [-0.39, 0.29) is 0 Å². The highest BCUT2D eigenvalue weighted by molar-refractivity contribution is 6.14. The molecule has 2 heterocycles. The van der Waals surface area contributed by atoms with Crippen molar-refractivity contribution in [1.82, 2.24) is 0 Å². The number of benzene rings is 8. The molecule has 8 aromatic carbocycles. The van der Waals surface area contributed by atoms with Gasteiger partial charge in [0.1, 0.15) is 22.3 Å². The van der Waals surface area contributed by atoms with Gasteiger partial charge in [0, 0.05) is 33.0 Å². The maximum atomic E-state index is 6.41. The smallest absolute Gasteiger partial charge is 0.143 e. The Hall–Kier alpha value is -6.58. The number of hydrogen-bond donors (Lipinski definition) is 0. The molecule has 0 radical (unpaired) electrons. The minimum atomic E-state index is 0.861. The number of furan rings is 2. The molecule has 49 heavy (non-hydrogen) atoms. The molecule has 3 heteroatoms. The van der Waals surface area contributed by atoms with Crippen LogP contribution in [0.15, 0.2) is 185 Å². The van der Waals surface area contributed by atoms with Crippen LogP contribution in [0.3, 0.4) is 0 Å². The molecule has 0 fully saturated rings. The second-order valence-electron chi connectivity index (χ2n) is 12.5. The van der Waals surface area contributed by atoms with Crippen LogP contribution in [0.4, 0.5) is 17.1 Å². The van der Waals surface area contributed by atoms with Gasteiger partial charge in [-0.1, -0.05) is 133 Å². The van der Waals surface area contributed by atoms with E-state index in [4.69, 9.17) is 8.83 Å². The molecule has 0 atom stereocenters.